The maximum absolute atomic E-state index is 3.31. The Balaban J connectivity index is 2.18. The van der Waals surface area contributed by atoms with Crippen molar-refractivity contribution >= 4 is 0 Å². The molecule has 1 heterocycles. The van der Waals surface area contributed by atoms with Crippen molar-refractivity contribution in [3.05, 3.63) is 24.3 Å². The molecule has 1 saturated heterocycles. The predicted molar refractivity (Wildman–Crippen MR) is 37.0 cm³/mol. The summed E-state index contributed by atoms with van der Waals surface area (Å²) in [5.41, 5.74) is 0. The summed E-state index contributed by atoms with van der Waals surface area (Å²) in [5, 5.41) is 6.62. The lowest BCUT2D eigenvalue weighted by Crippen LogP contribution is -2.30. The van der Waals surface area contributed by atoms with E-state index in [-0.39, 0.29) is 0 Å². The van der Waals surface area contributed by atoms with Crippen LogP contribution in [-0.2, 0) is 0 Å². The molecular weight excluding hydrogens is 112 g/mol. The molecule has 48 valence electrons. The van der Waals surface area contributed by atoms with E-state index < -0.39 is 0 Å². The zero-order valence-electron chi connectivity index (χ0n) is 5.17. The lowest BCUT2D eigenvalue weighted by atomic mass is 10.1. The van der Waals surface area contributed by atoms with E-state index in [0.717, 1.165) is 6.67 Å². The molecule has 1 fully saturated rings. The molecule has 2 unspecified atom stereocenters. The minimum Gasteiger partial charge on any atom is -0.296 e. The molecular formula is C7H10N2. The van der Waals surface area contributed by atoms with E-state index in [1.165, 1.54) is 0 Å². The van der Waals surface area contributed by atoms with Crippen molar-refractivity contribution in [3.63, 3.8) is 0 Å². The van der Waals surface area contributed by atoms with Crippen LogP contribution in [-0.4, -0.2) is 18.8 Å². The summed E-state index contributed by atoms with van der Waals surface area (Å²) < 4.78 is 0. The third-order valence-electron chi connectivity index (χ3n) is 1.81. The first-order valence-electron chi connectivity index (χ1n) is 3.28. The summed E-state index contributed by atoms with van der Waals surface area (Å²) >= 11 is 0. The average molecular weight is 122 g/mol. The molecule has 0 aromatic heterocycles. The highest BCUT2D eigenvalue weighted by Gasteiger charge is 2.21. The van der Waals surface area contributed by atoms with E-state index in [1.54, 1.807) is 0 Å². The smallest absolute Gasteiger partial charge is 0.0464 e. The highest BCUT2D eigenvalue weighted by Crippen LogP contribution is 2.07. The van der Waals surface area contributed by atoms with E-state index in [1.807, 2.05) is 0 Å². The van der Waals surface area contributed by atoms with Gasteiger partial charge in [-0.25, -0.2) is 0 Å². The number of fused-ring (bicyclic) bond motifs is 1. The van der Waals surface area contributed by atoms with Gasteiger partial charge in [0, 0.05) is 18.8 Å². The molecule has 2 heteroatoms. The first-order chi connectivity index (χ1) is 4.47. The van der Waals surface area contributed by atoms with Gasteiger partial charge in [0.15, 0.2) is 0 Å². The Hall–Kier alpha value is -0.600. The Bertz CT molecular complexity index is 142. The number of rotatable bonds is 0. The third-order valence-corrected chi connectivity index (χ3v) is 1.81. The molecule has 0 aromatic rings. The summed E-state index contributed by atoms with van der Waals surface area (Å²) in [6.07, 6.45) is 8.54. The first-order valence-corrected chi connectivity index (χ1v) is 3.28. The van der Waals surface area contributed by atoms with Crippen LogP contribution in [0.5, 0.6) is 0 Å². The van der Waals surface area contributed by atoms with E-state index in [2.05, 4.69) is 34.9 Å². The fraction of sp³-hybridized carbons (Fsp3) is 0.429. The summed E-state index contributed by atoms with van der Waals surface area (Å²) in [6, 6.07) is 1.07. The number of allylic oxidation sites excluding steroid dienone is 2. The minimum atomic E-state index is 0.537. The zero-order chi connectivity index (χ0) is 6.10. The van der Waals surface area contributed by atoms with Crippen molar-refractivity contribution < 1.29 is 0 Å². The molecule has 2 atom stereocenters. The summed E-state index contributed by atoms with van der Waals surface area (Å²) in [6.45, 7) is 0.935. The van der Waals surface area contributed by atoms with E-state index in [4.69, 9.17) is 0 Å². The van der Waals surface area contributed by atoms with Crippen molar-refractivity contribution in [3.8, 4) is 0 Å². The average Bonchev–Trinajstić information content (AvgIpc) is 2.33. The Kier molecular flexibility index (Phi) is 1.14. The Morgan fingerprint density at radius 1 is 1.00 bits per heavy atom. The molecule has 1 aliphatic heterocycles. The second-order valence-corrected chi connectivity index (χ2v) is 2.41. The van der Waals surface area contributed by atoms with Gasteiger partial charge >= 0.3 is 0 Å². The molecule has 0 amide bonds. The summed E-state index contributed by atoms with van der Waals surface area (Å²) in [5.74, 6) is 0. The molecule has 0 radical (unpaired) electrons. The summed E-state index contributed by atoms with van der Waals surface area (Å²) in [7, 11) is 0. The first kappa shape index (κ1) is 5.21. The van der Waals surface area contributed by atoms with Crippen LogP contribution >= 0.6 is 0 Å². The van der Waals surface area contributed by atoms with Gasteiger partial charge < -0.3 is 0 Å². The summed E-state index contributed by atoms with van der Waals surface area (Å²) in [4.78, 5) is 0. The molecule has 0 aromatic carbocycles. The normalized spacial score (nSPS) is 39.1. The monoisotopic (exact) mass is 122 g/mol. The SMILES string of the molecule is C1=CC2NCNC2C=C1. The van der Waals surface area contributed by atoms with Gasteiger partial charge in [0.05, 0.1) is 0 Å². The molecule has 0 saturated carbocycles. The molecule has 9 heavy (non-hydrogen) atoms. The van der Waals surface area contributed by atoms with Crippen LogP contribution in [0.2, 0.25) is 0 Å². The maximum atomic E-state index is 3.31. The number of hydrogen-bond acceptors (Lipinski definition) is 2. The molecule has 0 bridgehead atoms. The second-order valence-electron chi connectivity index (χ2n) is 2.41. The van der Waals surface area contributed by atoms with Gasteiger partial charge in [-0.2, -0.15) is 0 Å². The Labute approximate surface area is 54.6 Å². The van der Waals surface area contributed by atoms with Crippen LogP contribution < -0.4 is 10.6 Å². The van der Waals surface area contributed by atoms with Crippen LogP contribution in [0.1, 0.15) is 0 Å². The fourth-order valence-electron chi connectivity index (χ4n) is 1.29. The highest BCUT2D eigenvalue weighted by atomic mass is 15.2. The lowest BCUT2D eigenvalue weighted by molar-refractivity contribution is 0.675. The molecule has 0 spiro atoms. The molecule has 2 aliphatic rings. The van der Waals surface area contributed by atoms with Crippen LogP contribution in [0.4, 0.5) is 0 Å². The van der Waals surface area contributed by atoms with E-state index in [0.29, 0.717) is 12.1 Å². The molecule has 2 N–H and O–H groups in total. The number of hydrogen-bond donors (Lipinski definition) is 2. The Morgan fingerprint density at radius 3 is 2.11 bits per heavy atom. The van der Waals surface area contributed by atoms with Crippen molar-refractivity contribution in [1.29, 1.82) is 0 Å². The van der Waals surface area contributed by atoms with Gasteiger partial charge in [-0.05, 0) is 0 Å². The quantitative estimate of drug-likeness (QED) is 0.472. The van der Waals surface area contributed by atoms with Gasteiger partial charge in [0.2, 0.25) is 0 Å². The highest BCUT2D eigenvalue weighted by molar-refractivity contribution is 5.21. The Morgan fingerprint density at radius 2 is 1.56 bits per heavy atom. The topological polar surface area (TPSA) is 24.1 Å². The number of nitrogens with one attached hydrogen (secondary N) is 2. The van der Waals surface area contributed by atoms with E-state index in [9.17, 15) is 0 Å². The minimum absolute atomic E-state index is 0.537. The second kappa shape index (κ2) is 1.97. The molecule has 2 rings (SSSR count). The van der Waals surface area contributed by atoms with Gasteiger partial charge in [-0.15, -0.1) is 0 Å². The van der Waals surface area contributed by atoms with Crippen LogP contribution in [0.25, 0.3) is 0 Å². The van der Waals surface area contributed by atoms with E-state index >= 15 is 0 Å². The predicted octanol–water partition coefficient (Wildman–Crippen LogP) is -0.000100. The van der Waals surface area contributed by atoms with Gasteiger partial charge in [-0.1, -0.05) is 24.3 Å². The standard InChI is InChI=1S/C7H10N2/c1-2-4-7-6(3-1)8-5-9-7/h1-4,6-9H,5H2. The van der Waals surface area contributed by atoms with Crippen LogP contribution in [0, 0.1) is 0 Å². The maximum Gasteiger partial charge on any atom is 0.0464 e. The molecule has 1 aliphatic carbocycles. The van der Waals surface area contributed by atoms with Crippen molar-refractivity contribution in [1.82, 2.24) is 10.6 Å². The lowest BCUT2D eigenvalue weighted by Gasteiger charge is -2.13. The zero-order valence-corrected chi connectivity index (χ0v) is 5.17. The van der Waals surface area contributed by atoms with Crippen molar-refractivity contribution in [2.45, 2.75) is 12.1 Å². The van der Waals surface area contributed by atoms with Crippen LogP contribution in [0.3, 0.4) is 0 Å². The fourth-order valence-corrected chi connectivity index (χ4v) is 1.29. The largest absolute Gasteiger partial charge is 0.296 e. The third kappa shape index (κ3) is 0.802. The van der Waals surface area contributed by atoms with Crippen LogP contribution in [0.15, 0.2) is 24.3 Å². The van der Waals surface area contributed by atoms with Crippen molar-refractivity contribution in [2.24, 2.45) is 0 Å². The van der Waals surface area contributed by atoms with Gasteiger partial charge in [0.25, 0.3) is 0 Å². The van der Waals surface area contributed by atoms with Gasteiger partial charge in [0.1, 0.15) is 0 Å². The van der Waals surface area contributed by atoms with Crippen molar-refractivity contribution in [2.75, 3.05) is 6.67 Å². The van der Waals surface area contributed by atoms with Gasteiger partial charge in [-0.3, -0.25) is 10.6 Å². The molecule has 2 nitrogen and oxygen atoms in total.